The number of carbonyl (C=O) groups excluding carboxylic acids is 1. The Kier molecular flexibility index (Phi) is 5.66. The van der Waals surface area contributed by atoms with E-state index in [1.54, 1.807) is 51.7 Å². The van der Waals surface area contributed by atoms with Gasteiger partial charge < -0.3 is 18.9 Å². The second-order valence-electron chi connectivity index (χ2n) is 5.68. The van der Waals surface area contributed by atoms with Gasteiger partial charge in [-0.05, 0) is 41.5 Å². The van der Waals surface area contributed by atoms with Crippen LogP contribution in [0.5, 0.6) is 17.2 Å². The number of carbonyl (C=O) groups is 1. The maximum Gasteiger partial charge on any atom is 0.363 e. The number of methoxy groups -OCH3 is 3. The zero-order valence-corrected chi connectivity index (χ0v) is 15.9. The Bertz CT molecular complexity index is 936. The Labute approximate surface area is 162 Å². The fraction of sp³-hybridized carbons (Fsp3) is 0.200. The molecule has 0 spiro atoms. The maximum absolute atomic E-state index is 12.1. The Morgan fingerprint density at radius 1 is 1.00 bits per heavy atom. The number of aliphatic imine (C=N–C) groups is 1. The average Bonchev–Trinajstić information content (AvgIpc) is 3.00. The summed E-state index contributed by atoms with van der Waals surface area (Å²) in [6.07, 6.45) is 1.97. The molecular formula is C20H18ClNO5. The minimum absolute atomic E-state index is 0.215. The van der Waals surface area contributed by atoms with Gasteiger partial charge in [0, 0.05) is 6.42 Å². The van der Waals surface area contributed by atoms with Crippen LogP contribution in [-0.2, 0) is 16.0 Å². The van der Waals surface area contributed by atoms with Gasteiger partial charge in [0.25, 0.3) is 0 Å². The van der Waals surface area contributed by atoms with E-state index in [4.69, 9.17) is 30.5 Å². The summed E-state index contributed by atoms with van der Waals surface area (Å²) in [6, 6.07) is 10.7. The minimum Gasteiger partial charge on any atom is -0.495 e. The molecule has 0 unspecified atom stereocenters. The second kappa shape index (κ2) is 8.14. The topological polar surface area (TPSA) is 66.3 Å². The number of hydrogen-bond acceptors (Lipinski definition) is 6. The number of esters is 1. The maximum atomic E-state index is 12.1. The molecule has 6 nitrogen and oxygen atoms in total. The van der Waals surface area contributed by atoms with Crippen LogP contribution in [0, 0.1) is 0 Å². The molecule has 0 N–H and O–H groups in total. The van der Waals surface area contributed by atoms with Gasteiger partial charge in [0.15, 0.2) is 17.2 Å². The van der Waals surface area contributed by atoms with E-state index < -0.39 is 5.97 Å². The molecule has 2 aromatic carbocycles. The van der Waals surface area contributed by atoms with Crippen LogP contribution in [-0.4, -0.2) is 33.2 Å². The van der Waals surface area contributed by atoms with Crippen LogP contribution in [0.4, 0.5) is 0 Å². The molecule has 7 heteroatoms. The molecule has 0 bridgehead atoms. The molecule has 0 aliphatic carbocycles. The Morgan fingerprint density at radius 2 is 1.70 bits per heavy atom. The number of nitrogens with zero attached hydrogens (tertiary/aromatic N) is 1. The quantitative estimate of drug-likeness (QED) is 0.555. The van der Waals surface area contributed by atoms with E-state index in [1.807, 2.05) is 12.1 Å². The van der Waals surface area contributed by atoms with Gasteiger partial charge in [-0.2, -0.15) is 0 Å². The first-order valence-corrected chi connectivity index (χ1v) is 8.47. The van der Waals surface area contributed by atoms with Crippen molar-refractivity contribution in [1.29, 1.82) is 0 Å². The van der Waals surface area contributed by atoms with Crippen molar-refractivity contribution in [3.8, 4) is 17.2 Å². The molecule has 0 radical (unpaired) electrons. The lowest BCUT2D eigenvalue weighted by Crippen LogP contribution is -2.07. The van der Waals surface area contributed by atoms with Crippen molar-refractivity contribution < 1.29 is 23.7 Å². The molecule has 0 saturated carbocycles. The van der Waals surface area contributed by atoms with Crippen molar-refractivity contribution >= 4 is 29.5 Å². The molecule has 1 aliphatic rings. The van der Waals surface area contributed by atoms with Crippen LogP contribution in [0.15, 0.2) is 47.1 Å². The van der Waals surface area contributed by atoms with E-state index in [1.165, 1.54) is 0 Å². The van der Waals surface area contributed by atoms with Crippen molar-refractivity contribution in [2.24, 2.45) is 4.99 Å². The lowest BCUT2D eigenvalue weighted by molar-refractivity contribution is -0.130. The number of cyclic esters (lactones) is 1. The van der Waals surface area contributed by atoms with E-state index in [0.29, 0.717) is 34.6 Å². The number of halogens is 1. The summed E-state index contributed by atoms with van der Waals surface area (Å²) in [5, 5.41) is 0.452. The van der Waals surface area contributed by atoms with E-state index in [-0.39, 0.29) is 5.70 Å². The highest BCUT2D eigenvalue weighted by atomic mass is 35.5. The normalized spacial score (nSPS) is 14.7. The van der Waals surface area contributed by atoms with E-state index >= 15 is 0 Å². The van der Waals surface area contributed by atoms with Gasteiger partial charge in [0.1, 0.15) is 5.75 Å². The van der Waals surface area contributed by atoms with Crippen molar-refractivity contribution in [2.75, 3.05) is 21.3 Å². The summed E-state index contributed by atoms with van der Waals surface area (Å²) in [5.74, 6) is 1.60. The fourth-order valence-electron chi connectivity index (χ4n) is 2.62. The lowest BCUT2D eigenvalue weighted by Gasteiger charge is -2.09. The Morgan fingerprint density at radius 3 is 2.37 bits per heavy atom. The monoisotopic (exact) mass is 387 g/mol. The van der Waals surface area contributed by atoms with E-state index in [0.717, 1.165) is 11.1 Å². The van der Waals surface area contributed by atoms with Gasteiger partial charge >= 0.3 is 5.97 Å². The fourth-order valence-corrected chi connectivity index (χ4v) is 2.89. The van der Waals surface area contributed by atoms with Gasteiger partial charge in [-0.1, -0.05) is 23.7 Å². The molecule has 1 heterocycles. The molecule has 0 saturated heterocycles. The molecule has 3 rings (SSSR count). The summed E-state index contributed by atoms with van der Waals surface area (Å²) in [4.78, 5) is 16.4. The van der Waals surface area contributed by atoms with Gasteiger partial charge in [-0.3, -0.25) is 0 Å². The Balaban J connectivity index is 1.81. The Hall–Kier alpha value is -2.99. The highest BCUT2D eigenvalue weighted by Crippen LogP contribution is 2.29. The smallest absolute Gasteiger partial charge is 0.363 e. The SMILES string of the molecule is COc1ccc(/C=C2/N=C(Cc3ccc(OC)c(OC)c3)OC2=O)cc1Cl. The van der Waals surface area contributed by atoms with Crippen LogP contribution in [0.2, 0.25) is 5.02 Å². The van der Waals surface area contributed by atoms with Gasteiger partial charge in [-0.25, -0.2) is 9.79 Å². The number of ether oxygens (including phenoxy) is 4. The zero-order chi connectivity index (χ0) is 19.4. The number of rotatable bonds is 6. The summed E-state index contributed by atoms with van der Waals surface area (Å²) < 4.78 is 20.9. The predicted octanol–water partition coefficient (Wildman–Crippen LogP) is 3.90. The molecule has 0 fully saturated rings. The third kappa shape index (κ3) is 4.23. The largest absolute Gasteiger partial charge is 0.495 e. The van der Waals surface area contributed by atoms with Crippen LogP contribution in [0.1, 0.15) is 11.1 Å². The minimum atomic E-state index is -0.502. The highest BCUT2D eigenvalue weighted by molar-refractivity contribution is 6.32. The first-order chi connectivity index (χ1) is 13.0. The van der Waals surface area contributed by atoms with Crippen molar-refractivity contribution in [2.45, 2.75) is 6.42 Å². The number of benzene rings is 2. The molecule has 140 valence electrons. The summed E-state index contributed by atoms with van der Waals surface area (Å²) >= 11 is 6.11. The van der Waals surface area contributed by atoms with E-state index in [2.05, 4.69) is 4.99 Å². The summed E-state index contributed by atoms with van der Waals surface area (Å²) in [5.41, 5.74) is 1.82. The number of hydrogen-bond donors (Lipinski definition) is 0. The van der Waals surface area contributed by atoms with Crippen LogP contribution in [0.25, 0.3) is 6.08 Å². The molecule has 0 amide bonds. The van der Waals surface area contributed by atoms with Gasteiger partial charge in [0.2, 0.25) is 5.90 Å². The van der Waals surface area contributed by atoms with Crippen molar-refractivity contribution in [1.82, 2.24) is 0 Å². The average molecular weight is 388 g/mol. The van der Waals surface area contributed by atoms with Crippen LogP contribution in [0.3, 0.4) is 0 Å². The summed E-state index contributed by atoms with van der Waals surface area (Å²) in [7, 11) is 4.68. The van der Waals surface area contributed by atoms with E-state index in [9.17, 15) is 4.79 Å². The molecule has 0 atom stereocenters. The second-order valence-corrected chi connectivity index (χ2v) is 6.09. The van der Waals surface area contributed by atoms with Crippen LogP contribution >= 0.6 is 11.6 Å². The molecular weight excluding hydrogens is 370 g/mol. The molecule has 27 heavy (non-hydrogen) atoms. The van der Waals surface area contributed by atoms with Crippen molar-refractivity contribution in [3.63, 3.8) is 0 Å². The predicted molar refractivity (Wildman–Crippen MR) is 103 cm³/mol. The standard InChI is InChI=1S/C20H18ClNO5/c1-24-16-6-4-12(8-14(16)21)9-15-20(23)27-19(22-15)11-13-5-7-17(25-2)18(10-13)26-3/h4-10H,11H2,1-3H3/b15-9+. The van der Waals surface area contributed by atoms with Gasteiger partial charge in [0.05, 0.1) is 26.4 Å². The molecule has 1 aliphatic heterocycles. The first-order valence-electron chi connectivity index (χ1n) is 8.10. The molecule has 2 aromatic rings. The summed E-state index contributed by atoms with van der Waals surface area (Å²) in [6.45, 7) is 0. The van der Waals surface area contributed by atoms with Crippen molar-refractivity contribution in [3.05, 3.63) is 58.2 Å². The lowest BCUT2D eigenvalue weighted by atomic mass is 10.1. The zero-order valence-electron chi connectivity index (χ0n) is 15.1. The highest BCUT2D eigenvalue weighted by Gasteiger charge is 2.23. The van der Waals surface area contributed by atoms with Gasteiger partial charge in [-0.15, -0.1) is 0 Å². The molecule has 0 aromatic heterocycles. The first kappa shape index (κ1) is 18.8. The third-order valence-corrected chi connectivity index (χ3v) is 4.24. The van der Waals surface area contributed by atoms with Crippen LogP contribution < -0.4 is 14.2 Å². The third-order valence-electron chi connectivity index (χ3n) is 3.95.